The minimum atomic E-state index is -0.547. The van der Waals surface area contributed by atoms with E-state index in [-0.39, 0.29) is 23.4 Å². The second-order valence-corrected chi connectivity index (χ2v) is 8.85. The molecule has 1 saturated carbocycles. The molecule has 172 valence electrons. The standard InChI is InChI=1S/C26H22F2N4O2/c1-14-23(18-12-16(27)8-9-20(18)28)25-29-13-19(24(15-6-7-15)32(25)31-14)26(33)30-21-10-11-34-22-5-3-2-4-17(21)22/h2-5,8-9,12-13,15,21H,6-7,10-11H2,1H3,(H,30,33)/t21-/m0/s1. The maximum absolute atomic E-state index is 14.6. The molecule has 0 unspecified atom stereocenters. The van der Waals surface area contributed by atoms with Crippen molar-refractivity contribution < 1.29 is 18.3 Å². The van der Waals surface area contributed by atoms with Crippen molar-refractivity contribution in [2.45, 2.75) is 38.1 Å². The predicted molar refractivity (Wildman–Crippen MR) is 122 cm³/mol. The lowest BCUT2D eigenvalue weighted by Crippen LogP contribution is -2.33. The van der Waals surface area contributed by atoms with Gasteiger partial charge in [-0.25, -0.2) is 18.3 Å². The molecule has 4 aromatic rings. The summed E-state index contributed by atoms with van der Waals surface area (Å²) in [5, 5.41) is 7.75. The SMILES string of the molecule is Cc1nn2c(C3CC3)c(C(=O)N[C@H]3CCOc4ccccc43)cnc2c1-c1cc(F)ccc1F. The molecule has 2 aromatic carbocycles. The molecule has 0 radical (unpaired) electrons. The van der Waals surface area contributed by atoms with Gasteiger partial charge in [-0.15, -0.1) is 0 Å². The Hall–Kier alpha value is -3.81. The maximum Gasteiger partial charge on any atom is 0.255 e. The van der Waals surface area contributed by atoms with E-state index < -0.39 is 11.6 Å². The topological polar surface area (TPSA) is 68.5 Å². The van der Waals surface area contributed by atoms with Crippen molar-refractivity contribution in [1.29, 1.82) is 0 Å². The summed E-state index contributed by atoms with van der Waals surface area (Å²) in [6.07, 6.45) is 4.07. The number of rotatable bonds is 4. The molecule has 2 aromatic heterocycles. The van der Waals surface area contributed by atoms with Crippen LogP contribution in [0, 0.1) is 18.6 Å². The van der Waals surface area contributed by atoms with E-state index >= 15 is 0 Å². The number of nitrogens with one attached hydrogen (secondary N) is 1. The van der Waals surface area contributed by atoms with Crippen LogP contribution in [0.25, 0.3) is 16.8 Å². The fourth-order valence-corrected chi connectivity index (χ4v) is 4.77. The van der Waals surface area contributed by atoms with E-state index in [1.807, 2.05) is 24.3 Å². The number of nitrogens with zero attached hydrogens (tertiary/aromatic N) is 3. The van der Waals surface area contributed by atoms with Gasteiger partial charge in [0.15, 0.2) is 5.65 Å². The maximum atomic E-state index is 14.6. The van der Waals surface area contributed by atoms with Crippen LogP contribution in [0.5, 0.6) is 5.75 Å². The van der Waals surface area contributed by atoms with Crippen LogP contribution in [0.15, 0.2) is 48.7 Å². The van der Waals surface area contributed by atoms with E-state index in [2.05, 4.69) is 15.4 Å². The molecule has 1 N–H and O–H groups in total. The van der Waals surface area contributed by atoms with E-state index in [4.69, 9.17) is 4.74 Å². The number of carbonyl (C=O) groups excluding carboxylic acids is 1. The van der Waals surface area contributed by atoms with Gasteiger partial charge in [-0.2, -0.15) is 5.10 Å². The molecule has 0 saturated heterocycles. The minimum Gasteiger partial charge on any atom is -0.493 e. The number of hydrogen-bond donors (Lipinski definition) is 1. The first-order valence-corrected chi connectivity index (χ1v) is 11.4. The van der Waals surface area contributed by atoms with Crippen LogP contribution in [-0.2, 0) is 0 Å². The molecule has 2 aliphatic rings. The molecule has 1 aliphatic carbocycles. The van der Waals surface area contributed by atoms with Crippen molar-refractivity contribution in [2.24, 2.45) is 0 Å². The highest BCUT2D eigenvalue weighted by Gasteiger charge is 2.34. The summed E-state index contributed by atoms with van der Waals surface area (Å²) in [5.41, 5.74) is 3.64. The number of halogens is 2. The van der Waals surface area contributed by atoms with E-state index in [1.54, 1.807) is 11.4 Å². The summed E-state index contributed by atoms with van der Waals surface area (Å²) in [5.74, 6) is -0.374. The molecule has 1 aliphatic heterocycles. The lowest BCUT2D eigenvalue weighted by Gasteiger charge is -2.27. The van der Waals surface area contributed by atoms with E-state index in [0.29, 0.717) is 35.5 Å². The molecular weight excluding hydrogens is 438 g/mol. The summed E-state index contributed by atoms with van der Waals surface area (Å²) >= 11 is 0. The summed E-state index contributed by atoms with van der Waals surface area (Å²) in [4.78, 5) is 17.9. The Kier molecular flexibility index (Phi) is 4.83. The van der Waals surface area contributed by atoms with Gasteiger partial charge in [0.2, 0.25) is 0 Å². The third-order valence-electron chi connectivity index (χ3n) is 6.53. The van der Waals surface area contributed by atoms with Gasteiger partial charge in [-0.3, -0.25) is 4.79 Å². The van der Waals surface area contributed by atoms with Crippen LogP contribution in [0.3, 0.4) is 0 Å². The highest BCUT2D eigenvalue weighted by atomic mass is 19.1. The zero-order valence-electron chi connectivity index (χ0n) is 18.5. The fourth-order valence-electron chi connectivity index (χ4n) is 4.77. The number of aromatic nitrogens is 3. The lowest BCUT2D eigenvalue weighted by molar-refractivity contribution is 0.0922. The Morgan fingerprint density at radius 1 is 1.15 bits per heavy atom. The highest BCUT2D eigenvalue weighted by Crippen LogP contribution is 2.43. The number of amides is 1. The normalized spacial score (nSPS) is 17.3. The van der Waals surface area contributed by atoms with E-state index in [0.717, 1.165) is 48.0 Å². The van der Waals surface area contributed by atoms with Gasteiger partial charge in [0.05, 0.1) is 35.2 Å². The number of fused-ring (bicyclic) bond motifs is 2. The number of benzene rings is 2. The van der Waals surface area contributed by atoms with E-state index in [1.165, 1.54) is 6.20 Å². The van der Waals surface area contributed by atoms with Gasteiger partial charge >= 0.3 is 0 Å². The molecule has 1 fully saturated rings. The molecule has 0 bridgehead atoms. The van der Waals surface area contributed by atoms with Gasteiger partial charge in [-0.1, -0.05) is 18.2 Å². The van der Waals surface area contributed by atoms with Crippen LogP contribution in [-0.4, -0.2) is 27.1 Å². The van der Waals surface area contributed by atoms with Crippen LogP contribution in [0.1, 0.15) is 58.5 Å². The first kappa shape index (κ1) is 20.8. The molecule has 8 heteroatoms. The molecule has 6 rings (SSSR count). The number of ether oxygens (including phenoxy) is 1. The van der Waals surface area contributed by atoms with Crippen molar-refractivity contribution in [3.05, 3.63) is 82.8 Å². The summed E-state index contributed by atoms with van der Waals surface area (Å²) < 4.78 is 35.9. The molecule has 3 heterocycles. The molecule has 1 amide bonds. The van der Waals surface area contributed by atoms with Gasteiger partial charge in [-0.05, 0) is 44.0 Å². The van der Waals surface area contributed by atoms with Gasteiger partial charge in [0.1, 0.15) is 17.4 Å². The van der Waals surface area contributed by atoms with Crippen molar-refractivity contribution >= 4 is 11.6 Å². The number of para-hydroxylation sites is 1. The lowest BCUT2D eigenvalue weighted by atomic mass is 10.00. The first-order valence-electron chi connectivity index (χ1n) is 11.4. The van der Waals surface area contributed by atoms with Crippen molar-refractivity contribution in [3.63, 3.8) is 0 Å². The quantitative estimate of drug-likeness (QED) is 0.459. The van der Waals surface area contributed by atoms with Crippen molar-refractivity contribution in [2.75, 3.05) is 6.61 Å². The highest BCUT2D eigenvalue weighted by molar-refractivity contribution is 5.96. The summed E-state index contributed by atoms with van der Waals surface area (Å²) in [6.45, 7) is 2.26. The van der Waals surface area contributed by atoms with Crippen LogP contribution >= 0.6 is 0 Å². The third kappa shape index (κ3) is 3.41. The number of aryl methyl sites for hydroxylation is 1. The second-order valence-electron chi connectivity index (χ2n) is 8.85. The Morgan fingerprint density at radius 2 is 1.97 bits per heavy atom. The Balaban J connectivity index is 1.43. The van der Waals surface area contributed by atoms with Crippen molar-refractivity contribution in [1.82, 2.24) is 19.9 Å². The molecule has 34 heavy (non-hydrogen) atoms. The number of hydrogen-bond acceptors (Lipinski definition) is 4. The molecule has 0 spiro atoms. The van der Waals surface area contributed by atoms with Crippen LogP contribution in [0.4, 0.5) is 8.78 Å². The largest absolute Gasteiger partial charge is 0.493 e. The van der Waals surface area contributed by atoms with Crippen LogP contribution in [0.2, 0.25) is 0 Å². The molecular formula is C26H22F2N4O2. The molecule has 6 nitrogen and oxygen atoms in total. The van der Waals surface area contributed by atoms with Crippen LogP contribution < -0.4 is 10.1 Å². The Bertz CT molecular complexity index is 1440. The minimum absolute atomic E-state index is 0.109. The summed E-state index contributed by atoms with van der Waals surface area (Å²) in [6, 6.07) is 10.9. The average molecular weight is 460 g/mol. The van der Waals surface area contributed by atoms with E-state index in [9.17, 15) is 13.6 Å². The second kappa shape index (κ2) is 7.90. The Morgan fingerprint density at radius 3 is 2.79 bits per heavy atom. The zero-order valence-corrected chi connectivity index (χ0v) is 18.5. The first-order chi connectivity index (χ1) is 16.5. The van der Waals surface area contributed by atoms with Gasteiger partial charge in [0.25, 0.3) is 5.91 Å². The summed E-state index contributed by atoms with van der Waals surface area (Å²) in [7, 11) is 0. The predicted octanol–water partition coefficient (Wildman–Crippen LogP) is 5.11. The zero-order chi connectivity index (χ0) is 23.4. The monoisotopic (exact) mass is 460 g/mol. The van der Waals surface area contributed by atoms with Gasteiger partial charge < -0.3 is 10.1 Å². The fraction of sp³-hybridized carbons (Fsp3) is 0.269. The third-order valence-corrected chi connectivity index (χ3v) is 6.53. The Labute approximate surface area is 194 Å². The average Bonchev–Trinajstić information content (AvgIpc) is 3.62. The van der Waals surface area contributed by atoms with Crippen molar-refractivity contribution in [3.8, 4) is 16.9 Å². The smallest absolute Gasteiger partial charge is 0.255 e. The number of carbonyl (C=O) groups is 1. The van der Waals surface area contributed by atoms with Gasteiger partial charge in [0, 0.05) is 29.7 Å². The molecule has 1 atom stereocenters.